The van der Waals surface area contributed by atoms with Crippen LogP contribution in [0.1, 0.15) is 31.2 Å². The zero-order chi connectivity index (χ0) is 25.5. The number of fused-ring (bicyclic) bond motifs is 1. The number of carbonyl (C=O) groups excluding carboxylic acids is 1. The molecule has 0 radical (unpaired) electrons. The summed E-state index contributed by atoms with van der Waals surface area (Å²) < 4.78 is 11.7. The van der Waals surface area contributed by atoms with Crippen LogP contribution < -0.4 is 15.4 Å². The van der Waals surface area contributed by atoms with Crippen LogP contribution in [0.5, 0.6) is 5.75 Å². The van der Waals surface area contributed by atoms with E-state index in [0.717, 1.165) is 42.7 Å². The molecule has 2 saturated heterocycles. The van der Waals surface area contributed by atoms with Crippen molar-refractivity contribution in [2.45, 2.75) is 31.8 Å². The van der Waals surface area contributed by atoms with Crippen LogP contribution in [-0.2, 0) is 9.53 Å². The zero-order valence-corrected chi connectivity index (χ0v) is 20.8. The van der Waals surface area contributed by atoms with Crippen LogP contribution >= 0.6 is 0 Å². The Morgan fingerprint density at radius 2 is 2.11 bits per heavy atom. The number of aromatic nitrogens is 2. The van der Waals surface area contributed by atoms with Crippen LogP contribution in [0.15, 0.2) is 54.9 Å². The van der Waals surface area contributed by atoms with Crippen LogP contribution in [0.3, 0.4) is 0 Å². The number of amides is 1. The Balaban J connectivity index is 1.41. The van der Waals surface area contributed by atoms with Gasteiger partial charge in [0, 0.05) is 41.7 Å². The van der Waals surface area contributed by atoms with Crippen molar-refractivity contribution in [3.05, 3.63) is 60.4 Å². The van der Waals surface area contributed by atoms with Crippen LogP contribution in [0, 0.1) is 12.3 Å². The van der Waals surface area contributed by atoms with E-state index in [1.54, 1.807) is 6.08 Å². The lowest BCUT2D eigenvalue weighted by atomic mass is 10.1. The van der Waals surface area contributed by atoms with Crippen molar-refractivity contribution in [3.8, 4) is 18.1 Å². The van der Waals surface area contributed by atoms with Crippen molar-refractivity contribution in [2.24, 2.45) is 0 Å². The molecule has 1 unspecified atom stereocenters. The maximum atomic E-state index is 12.9. The SMILES string of the molecule is C#Cc1cccc(Nc2ncnc3cc(OC4CCOC4)c(NC(=O)/C=C/CN4CCCCC4)cc23)c1. The quantitative estimate of drug-likeness (QED) is 0.350. The van der Waals surface area contributed by atoms with Gasteiger partial charge in [0.05, 0.1) is 24.4 Å². The van der Waals surface area contributed by atoms with Gasteiger partial charge in [-0.05, 0) is 50.2 Å². The number of anilines is 3. The number of carbonyl (C=O) groups is 1. The van der Waals surface area contributed by atoms with E-state index in [1.165, 1.54) is 25.6 Å². The Morgan fingerprint density at radius 1 is 1.22 bits per heavy atom. The molecule has 0 aliphatic carbocycles. The van der Waals surface area contributed by atoms with E-state index in [4.69, 9.17) is 15.9 Å². The lowest BCUT2D eigenvalue weighted by Gasteiger charge is -2.24. The smallest absolute Gasteiger partial charge is 0.248 e. The molecule has 1 amide bonds. The first-order valence-corrected chi connectivity index (χ1v) is 12.7. The number of nitrogens with one attached hydrogen (secondary N) is 2. The van der Waals surface area contributed by atoms with Gasteiger partial charge in [-0.2, -0.15) is 0 Å². The van der Waals surface area contributed by atoms with E-state index in [-0.39, 0.29) is 12.0 Å². The van der Waals surface area contributed by atoms with Gasteiger partial charge < -0.3 is 20.1 Å². The minimum absolute atomic E-state index is 0.0753. The molecule has 1 aromatic heterocycles. The number of hydrogen-bond donors (Lipinski definition) is 2. The van der Waals surface area contributed by atoms with Crippen LogP contribution in [0.25, 0.3) is 10.9 Å². The normalized spacial score (nSPS) is 18.1. The van der Waals surface area contributed by atoms with Gasteiger partial charge in [0.1, 0.15) is 24.0 Å². The van der Waals surface area contributed by atoms with Gasteiger partial charge in [-0.3, -0.25) is 9.69 Å². The summed E-state index contributed by atoms with van der Waals surface area (Å²) >= 11 is 0. The average molecular weight is 498 g/mol. The molecule has 2 aromatic carbocycles. The molecule has 2 aliphatic heterocycles. The topological polar surface area (TPSA) is 88.6 Å². The van der Waals surface area contributed by atoms with Gasteiger partial charge >= 0.3 is 0 Å². The Morgan fingerprint density at radius 3 is 2.92 bits per heavy atom. The maximum Gasteiger partial charge on any atom is 0.248 e. The van der Waals surface area contributed by atoms with Gasteiger partial charge in [-0.15, -0.1) is 6.42 Å². The first-order valence-electron chi connectivity index (χ1n) is 12.7. The van der Waals surface area contributed by atoms with Gasteiger partial charge in [-0.25, -0.2) is 9.97 Å². The third-order valence-corrected chi connectivity index (χ3v) is 6.55. The van der Waals surface area contributed by atoms with E-state index in [1.807, 2.05) is 42.5 Å². The average Bonchev–Trinajstić information content (AvgIpc) is 3.43. The van der Waals surface area contributed by atoms with E-state index in [2.05, 4.69) is 31.4 Å². The summed E-state index contributed by atoms with van der Waals surface area (Å²) in [5.74, 6) is 3.59. The van der Waals surface area contributed by atoms with Gasteiger partial charge in [0.2, 0.25) is 5.91 Å². The second-order valence-electron chi connectivity index (χ2n) is 9.29. The third kappa shape index (κ3) is 6.45. The summed E-state index contributed by atoms with van der Waals surface area (Å²) in [6.45, 7) is 4.11. The third-order valence-electron chi connectivity index (χ3n) is 6.55. The fourth-order valence-electron chi connectivity index (χ4n) is 4.61. The summed E-state index contributed by atoms with van der Waals surface area (Å²) in [7, 11) is 0. The fraction of sp³-hybridized carbons (Fsp3) is 0.345. The molecule has 5 rings (SSSR count). The molecule has 2 N–H and O–H groups in total. The maximum absolute atomic E-state index is 12.9. The lowest BCUT2D eigenvalue weighted by Crippen LogP contribution is -2.29. The highest BCUT2D eigenvalue weighted by atomic mass is 16.5. The van der Waals surface area contributed by atoms with Gasteiger partial charge in [0.25, 0.3) is 0 Å². The first kappa shape index (κ1) is 24.8. The van der Waals surface area contributed by atoms with E-state index in [9.17, 15) is 4.79 Å². The first-order chi connectivity index (χ1) is 18.2. The zero-order valence-electron chi connectivity index (χ0n) is 20.8. The molecule has 0 spiro atoms. The monoisotopic (exact) mass is 497 g/mol. The number of rotatable bonds is 8. The highest BCUT2D eigenvalue weighted by molar-refractivity contribution is 6.03. The summed E-state index contributed by atoms with van der Waals surface area (Å²) in [5.41, 5.74) is 2.83. The minimum Gasteiger partial charge on any atom is -0.486 e. The number of nitrogens with zero attached hydrogens (tertiary/aromatic N) is 3. The van der Waals surface area contributed by atoms with E-state index >= 15 is 0 Å². The van der Waals surface area contributed by atoms with Crippen molar-refractivity contribution in [2.75, 3.05) is 43.5 Å². The Hall–Kier alpha value is -3.93. The Kier molecular flexibility index (Phi) is 7.94. The van der Waals surface area contributed by atoms with Crippen molar-refractivity contribution < 1.29 is 14.3 Å². The molecule has 8 heteroatoms. The number of piperidine rings is 1. The number of hydrogen-bond acceptors (Lipinski definition) is 7. The molecule has 1 atom stereocenters. The molecular formula is C29H31N5O3. The molecule has 0 saturated carbocycles. The van der Waals surface area contributed by atoms with Crippen molar-refractivity contribution in [1.29, 1.82) is 0 Å². The van der Waals surface area contributed by atoms with Crippen molar-refractivity contribution in [3.63, 3.8) is 0 Å². The summed E-state index contributed by atoms with van der Waals surface area (Å²) in [6.07, 6.45) is 15.0. The Labute approximate surface area is 217 Å². The molecule has 3 aromatic rings. The largest absolute Gasteiger partial charge is 0.486 e. The highest BCUT2D eigenvalue weighted by Crippen LogP contribution is 2.34. The predicted octanol–water partition coefficient (Wildman–Crippen LogP) is 4.50. The van der Waals surface area contributed by atoms with E-state index in [0.29, 0.717) is 36.0 Å². The van der Waals surface area contributed by atoms with Crippen molar-refractivity contribution >= 4 is 34.0 Å². The lowest BCUT2D eigenvalue weighted by molar-refractivity contribution is -0.111. The standard InChI is InChI=1S/C29H31N5O3/c1-2-21-8-6-9-22(16-21)32-29-24-17-26(33-28(35)10-7-14-34-12-4-3-5-13-34)27(18-25(24)30-20-31-29)37-23-11-15-36-19-23/h1,6-10,16-18,20,23H,3-5,11-15,19H2,(H,33,35)(H,30,31,32)/b10-7+. The van der Waals surface area contributed by atoms with Crippen molar-refractivity contribution in [1.82, 2.24) is 14.9 Å². The molecule has 37 heavy (non-hydrogen) atoms. The summed E-state index contributed by atoms with van der Waals surface area (Å²) in [5, 5.41) is 7.08. The minimum atomic E-state index is -0.211. The predicted molar refractivity (Wildman–Crippen MR) is 145 cm³/mol. The molecule has 3 heterocycles. The molecule has 2 aliphatic rings. The summed E-state index contributed by atoms with van der Waals surface area (Å²) in [6, 6.07) is 11.2. The molecule has 190 valence electrons. The number of likely N-dealkylation sites (tertiary alicyclic amines) is 1. The Bertz CT molecular complexity index is 1320. The van der Waals surface area contributed by atoms with E-state index < -0.39 is 0 Å². The number of benzene rings is 2. The summed E-state index contributed by atoms with van der Waals surface area (Å²) in [4.78, 5) is 24.1. The molecule has 8 nitrogen and oxygen atoms in total. The highest BCUT2D eigenvalue weighted by Gasteiger charge is 2.21. The van der Waals surface area contributed by atoms with Gasteiger partial charge in [-0.1, -0.05) is 24.5 Å². The molecular weight excluding hydrogens is 466 g/mol. The molecule has 0 bridgehead atoms. The second-order valence-corrected chi connectivity index (χ2v) is 9.29. The second kappa shape index (κ2) is 11.9. The van der Waals surface area contributed by atoms with Gasteiger partial charge in [0.15, 0.2) is 0 Å². The van der Waals surface area contributed by atoms with Crippen LogP contribution in [-0.4, -0.2) is 59.7 Å². The fourth-order valence-corrected chi connectivity index (χ4v) is 4.61. The number of ether oxygens (including phenoxy) is 2. The number of terminal acetylenes is 1. The van der Waals surface area contributed by atoms with Crippen LogP contribution in [0.2, 0.25) is 0 Å². The molecule has 2 fully saturated rings. The van der Waals surface area contributed by atoms with Crippen LogP contribution in [0.4, 0.5) is 17.2 Å².